The van der Waals surface area contributed by atoms with Crippen LogP contribution in [0.25, 0.3) is 0 Å². The highest BCUT2D eigenvalue weighted by atomic mass is 16.7. The lowest BCUT2D eigenvalue weighted by Gasteiger charge is -2.35. The van der Waals surface area contributed by atoms with Crippen LogP contribution in [0.15, 0.2) is 17.3 Å². The van der Waals surface area contributed by atoms with Crippen molar-refractivity contribution in [3.8, 4) is 11.5 Å². The van der Waals surface area contributed by atoms with Gasteiger partial charge < -0.3 is 29.9 Å². The summed E-state index contributed by atoms with van der Waals surface area (Å²) in [6.45, 7) is 5.20. The fourth-order valence-corrected chi connectivity index (χ4v) is 2.24. The Kier molecular flexibility index (Phi) is 4.77. The minimum atomic E-state index is -0.608. The maximum absolute atomic E-state index is 8.99. The fourth-order valence-electron chi connectivity index (χ4n) is 2.24. The summed E-state index contributed by atoms with van der Waals surface area (Å²) in [5.41, 5.74) is 6.82. The molecule has 0 atom stereocenters. The molecule has 7 heteroatoms. The lowest BCUT2D eigenvalue weighted by atomic mass is 9.95. The number of benzene rings is 1. The van der Waals surface area contributed by atoms with Crippen LogP contribution < -0.4 is 15.2 Å². The second-order valence-electron chi connectivity index (χ2n) is 5.90. The van der Waals surface area contributed by atoms with Crippen LogP contribution in [0, 0.1) is 5.41 Å². The molecule has 1 heterocycles. The van der Waals surface area contributed by atoms with Crippen LogP contribution >= 0.6 is 0 Å². The highest BCUT2D eigenvalue weighted by Gasteiger charge is 2.31. The molecule has 0 bridgehead atoms. The van der Waals surface area contributed by atoms with Crippen LogP contribution in [-0.4, -0.2) is 38.5 Å². The van der Waals surface area contributed by atoms with Crippen molar-refractivity contribution in [2.45, 2.75) is 20.1 Å². The van der Waals surface area contributed by atoms with Gasteiger partial charge in [0.15, 0.2) is 23.6 Å². The zero-order chi connectivity index (χ0) is 16.3. The molecular weight excluding hydrogens is 288 g/mol. The largest absolute Gasteiger partial charge is 0.493 e. The van der Waals surface area contributed by atoms with E-state index in [-0.39, 0.29) is 11.3 Å². The average Bonchev–Trinajstić information content (AvgIpc) is 2.52. The third-order valence-electron chi connectivity index (χ3n) is 3.44. The summed E-state index contributed by atoms with van der Waals surface area (Å²) in [5.74, 6) is 0.945. The molecule has 1 aliphatic heterocycles. The van der Waals surface area contributed by atoms with Crippen LogP contribution in [0.4, 0.5) is 0 Å². The van der Waals surface area contributed by atoms with Gasteiger partial charge in [-0.3, -0.25) is 0 Å². The van der Waals surface area contributed by atoms with E-state index in [1.807, 2.05) is 0 Å². The number of hydrogen-bond donors (Lipinski definition) is 2. The van der Waals surface area contributed by atoms with Gasteiger partial charge in [-0.05, 0) is 12.1 Å². The SMILES string of the molecule is COc1cc(/C(N)=N/O)c(C2OCC(C)(C)CO2)cc1OC. The predicted octanol–water partition coefficient (Wildman–Crippen LogP) is 1.87. The lowest BCUT2D eigenvalue weighted by Crippen LogP contribution is -2.34. The summed E-state index contributed by atoms with van der Waals surface area (Å²) >= 11 is 0. The number of oxime groups is 1. The maximum Gasteiger partial charge on any atom is 0.184 e. The Morgan fingerprint density at radius 1 is 1.23 bits per heavy atom. The van der Waals surface area contributed by atoms with Gasteiger partial charge in [-0.1, -0.05) is 19.0 Å². The van der Waals surface area contributed by atoms with Gasteiger partial charge in [-0.25, -0.2) is 0 Å². The lowest BCUT2D eigenvalue weighted by molar-refractivity contribution is -0.226. The van der Waals surface area contributed by atoms with Crippen molar-refractivity contribution in [2.24, 2.45) is 16.3 Å². The summed E-state index contributed by atoms with van der Waals surface area (Å²) < 4.78 is 22.1. The normalized spacial score (nSPS) is 19.0. The third kappa shape index (κ3) is 3.26. The standard InChI is InChI=1S/C15H22N2O5/c1-15(2)7-21-14(22-8-15)10-6-12(20-4)11(19-3)5-9(10)13(16)17-18/h5-6,14,18H,7-8H2,1-4H3,(H2,16,17). The van der Waals surface area contributed by atoms with E-state index < -0.39 is 6.29 Å². The molecule has 3 N–H and O–H groups in total. The Hall–Kier alpha value is -1.99. The third-order valence-corrected chi connectivity index (χ3v) is 3.44. The first-order valence-electron chi connectivity index (χ1n) is 6.89. The zero-order valence-corrected chi connectivity index (χ0v) is 13.3. The molecule has 0 amide bonds. The molecule has 1 aliphatic rings. The zero-order valence-electron chi connectivity index (χ0n) is 13.3. The van der Waals surface area contributed by atoms with E-state index in [0.29, 0.717) is 35.8 Å². The smallest absolute Gasteiger partial charge is 0.184 e. The summed E-state index contributed by atoms with van der Waals surface area (Å²) in [5, 5.41) is 12.1. The van der Waals surface area contributed by atoms with Gasteiger partial charge >= 0.3 is 0 Å². The van der Waals surface area contributed by atoms with E-state index in [1.165, 1.54) is 14.2 Å². The second kappa shape index (κ2) is 6.41. The molecule has 1 aromatic rings. The van der Waals surface area contributed by atoms with Crippen LogP contribution in [-0.2, 0) is 9.47 Å². The van der Waals surface area contributed by atoms with Gasteiger partial charge in [0, 0.05) is 16.5 Å². The Labute approximate surface area is 129 Å². The highest BCUT2D eigenvalue weighted by Crippen LogP contribution is 2.38. The number of hydrogen-bond acceptors (Lipinski definition) is 6. The summed E-state index contributed by atoms with van der Waals surface area (Å²) in [6.07, 6.45) is -0.608. The molecule has 122 valence electrons. The molecule has 1 fully saturated rings. The molecule has 1 saturated heterocycles. The minimum absolute atomic E-state index is 0.0482. The molecule has 2 rings (SSSR count). The molecule has 0 aromatic heterocycles. The molecule has 0 spiro atoms. The van der Waals surface area contributed by atoms with Crippen molar-refractivity contribution in [1.29, 1.82) is 0 Å². The Morgan fingerprint density at radius 3 is 2.27 bits per heavy atom. The molecule has 0 aliphatic carbocycles. The number of nitrogens with two attached hydrogens (primary N) is 1. The van der Waals surface area contributed by atoms with Crippen LogP contribution in [0.3, 0.4) is 0 Å². The maximum atomic E-state index is 8.99. The van der Waals surface area contributed by atoms with Gasteiger partial charge in [0.05, 0.1) is 27.4 Å². The molecule has 22 heavy (non-hydrogen) atoms. The first-order chi connectivity index (χ1) is 10.4. The van der Waals surface area contributed by atoms with Gasteiger partial charge in [-0.2, -0.15) is 0 Å². The van der Waals surface area contributed by atoms with Crippen molar-refractivity contribution in [3.05, 3.63) is 23.3 Å². The quantitative estimate of drug-likeness (QED) is 0.381. The van der Waals surface area contributed by atoms with Crippen LogP contribution in [0.5, 0.6) is 11.5 Å². The van der Waals surface area contributed by atoms with Crippen molar-refractivity contribution in [2.75, 3.05) is 27.4 Å². The van der Waals surface area contributed by atoms with E-state index in [1.54, 1.807) is 12.1 Å². The van der Waals surface area contributed by atoms with E-state index >= 15 is 0 Å². The first kappa shape index (κ1) is 16.4. The Balaban J connectivity index is 2.44. The molecular formula is C15H22N2O5. The van der Waals surface area contributed by atoms with Crippen molar-refractivity contribution >= 4 is 5.84 Å². The van der Waals surface area contributed by atoms with Crippen molar-refractivity contribution in [3.63, 3.8) is 0 Å². The number of methoxy groups -OCH3 is 2. The highest BCUT2D eigenvalue weighted by molar-refractivity contribution is 5.99. The molecule has 0 unspecified atom stereocenters. The molecule has 0 saturated carbocycles. The Morgan fingerprint density at radius 2 is 1.77 bits per heavy atom. The van der Waals surface area contributed by atoms with E-state index in [0.717, 1.165) is 0 Å². The number of rotatable bonds is 4. The summed E-state index contributed by atoms with van der Waals surface area (Å²) in [7, 11) is 3.06. The Bertz CT molecular complexity index is 561. The van der Waals surface area contributed by atoms with Crippen molar-refractivity contribution in [1.82, 2.24) is 0 Å². The number of nitrogens with zero attached hydrogens (tertiary/aromatic N) is 1. The molecule has 0 radical (unpaired) electrons. The van der Waals surface area contributed by atoms with E-state index in [2.05, 4.69) is 19.0 Å². The van der Waals surface area contributed by atoms with Gasteiger partial charge in [0.1, 0.15) is 0 Å². The van der Waals surface area contributed by atoms with E-state index in [4.69, 9.17) is 29.9 Å². The van der Waals surface area contributed by atoms with Gasteiger partial charge in [0.25, 0.3) is 0 Å². The summed E-state index contributed by atoms with van der Waals surface area (Å²) in [6, 6.07) is 3.35. The van der Waals surface area contributed by atoms with Crippen LogP contribution in [0.2, 0.25) is 0 Å². The number of amidine groups is 1. The van der Waals surface area contributed by atoms with E-state index in [9.17, 15) is 0 Å². The fraction of sp³-hybridized carbons (Fsp3) is 0.533. The van der Waals surface area contributed by atoms with Crippen molar-refractivity contribution < 1.29 is 24.2 Å². The van der Waals surface area contributed by atoms with Gasteiger partial charge in [0.2, 0.25) is 0 Å². The van der Waals surface area contributed by atoms with Gasteiger partial charge in [-0.15, -0.1) is 0 Å². The second-order valence-corrected chi connectivity index (χ2v) is 5.90. The monoisotopic (exact) mass is 310 g/mol. The summed E-state index contributed by atoms with van der Waals surface area (Å²) in [4.78, 5) is 0. The minimum Gasteiger partial charge on any atom is -0.493 e. The van der Waals surface area contributed by atoms with Crippen LogP contribution in [0.1, 0.15) is 31.3 Å². The molecule has 7 nitrogen and oxygen atoms in total. The first-order valence-corrected chi connectivity index (χ1v) is 6.89. The predicted molar refractivity (Wildman–Crippen MR) is 80.5 cm³/mol. The molecule has 1 aromatic carbocycles. The number of ether oxygens (including phenoxy) is 4. The topological polar surface area (TPSA) is 95.5 Å². The average molecular weight is 310 g/mol.